The predicted octanol–water partition coefficient (Wildman–Crippen LogP) is 5.20. The first-order valence-electron chi connectivity index (χ1n) is 7.55. The van der Waals surface area contributed by atoms with Crippen LogP contribution in [0, 0.1) is 18.6 Å². The van der Waals surface area contributed by atoms with Gasteiger partial charge in [-0.05, 0) is 65.4 Å². The van der Waals surface area contributed by atoms with Crippen LogP contribution in [0.25, 0.3) is 11.1 Å². The van der Waals surface area contributed by atoms with Gasteiger partial charge in [-0.1, -0.05) is 29.8 Å². The van der Waals surface area contributed by atoms with E-state index in [2.05, 4.69) is 0 Å². The second-order valence-corrected chi connectivity index (χ2v) is 8.34. The smallest absolute Gasteiger partial charge is 0.181 e. The first-order chi connectivity index (χ1) is 11.7. The van der Waals surface area contributed by atoms with Crippen molar-refractivity contribution in [3.63, 3.8) is 0 Å². The lowest BCUT2D eigenvalue weighted by Gasteiger charge is -2.13. The van der Waals surface area contributed by atoms with Gasteiger partial charge >= 0.3 is 0 Å². The Hall–Kier alpha value is -1.98. The monoisotopic (exact) mass is 380 g/mol. The Morgan fingerprint density at radius 1 is 0.960 bits per heavy atom. The predicted molar refractivity (Wildman–Crippen MR) is 96.2 cm³/mol. The molecule has 0 bridgehead atoms. The molecule has 0 saturated carbocycles. The lowest BCUT2D eigenvalue weighted by atomic mass is 9.94. The summed E-state index contributed by atoms with van der Waals surface area (Å²) in [5.74, 6) is -2.17. The van der Waals surface area contributed by atoms with Crippen molar-refractivity contribution in [1.29, 1.82) is 0 Å². The maximum atomic E-state index is 14.2. The summed E-state index contributed by atoms with van der Waals surface area (Å²) in [6, 6.07) is 7.65. The van der Waals surface area contributed by atoms with Gasteiger partial charge in [0.15, 0.2) is 9.84 Å². The van der Waals surface area contributed by atoms with E-state index in [4.69, 9.17) is 11.6 Å². The Kier molecular flexibility index (Phi) is 4.56. The van der Waals surface area contributed by atoms with Gasteiger partial charge in [-0.3, -0.25) is 0 Å². The molecule has 0 amide bonds. The Morgan fingerprint density at radius 2 is 1.52 bits per heavy atom. The number of allylic oxidation sites excluding steroid dienone is 4. The van der Waals surface area contributed by atoms with E-state index in [1.807, 2.05) is 31.2 Å². The van der Waals surface area contributed by atoms with Crippen molar-refractivity contribution in [1.82, 2.24) is 0 Å². The lowest BCUT2D eigenvalue weighted by molar-refractivity contribution is 0.521. The summed E-state index contributed by atoms with van der Waals surface area (Å²) in [4.78, 5) is -0.900. The van der Waals surface area contributed by atoms with Crippen LogP contribution < -0.4 is 0 Å². The van der Waals surface area contributed by atoms with E-state index in [-0.39, 0.29) is 0 Å². The third kappa shape index (κ3) is 3.39. The molecule has 1 aliphatic carbocycles. The first-order valence-corrected chi connectivity index (χ1v) is 9.82. The van der Waals surface area contributed by atoms with Crippen LogP contribution in [-0.2, 0) is 9.84 Å². The molecule has 0 aliphatic heterocycles. The summed E-state index contributed by atoms with van der Waals surface area (Å²) in [7, 11) is -3.98. The summed E-state index contributed by atoms with van der Waals surface area (Å²) in [6.45, 7) is 1.88. The molecule has 3 rings (SSSR count). The largest absolute Gasteiger partial charge is 0.224 e. The van der Waals surface area contributed by atoms with E-state index < -0.39 is 26.4 Å². The highest BCUT2D eigenvalue weighted by Crippen LogP contribution is 2.38. The van der Waals surface area contributed by atoms with Gasteiger partial charge in [0, 0.05) is 11.3 Å². The minimum Gasteiger partial charge on any atom is -0.224 e. The Balaban J connectivity index is 2.08. The van der Waals surface area contributed by atoms with Crippen molar-refractivity contribution in [2.24, 2.45) is 0 Å². The fourth-order valence-corrected chi connectivity index (χ4v) is 3.89. The number of aryl methyl sites for hydroxylation is 1. The number of rotatable bonds is 3. The number of sulfone groups is 1. The summed E-state index contributed by atoms with van der Waals surface area (Å²) in [5.41, 5.74) is 3.60. The first kappa shape index (κ1) is 17.8. The minimum atomic E-state index is -3.98. The molecule has 1 aliphatic rings. The molecular formula is C19H15ClF2O2S. The van der Waals surface area contributed by atoms with E-state index in [9.17, 15) is 17.2 Å². The maximum Gasteiger partial charge on any atom is 0.181 e. The van der Waals surface area contributed by atoms with E-state index in [1.54, 1.807) is 6.07 Å². The highest BCUT2D eigenvalue weighted by Gasteiger charge is 2.23. The molecule has 0 N–H and O–H groups in total. The number of hydrogen-bond donors (Lipinski definition) is 0. The van der Waals surface area contributed by atoms with Crippen molar-refractivity contribution < 1.29 is 17.2 Å². The molecule has 0 radical (unpaired) electrons. The zero-order valence-electron chi connectivity index (χ0n) is 13.6. The Labute approximate surface area is 150 Å². The van der Waals surface area contributed by atoms with Crippen LogP contribution >= 0.6 is 11.6 Å². The molecule has 0 spiro atoms. The van der Waals surface area contributed by atoms with E-state index in [0.717, 1.165) is 35.1 Å². The van der Waals surface area contributed by atoms with Gasteiger partial charge in [-0.15, -0.1) is 0 Å². The lowest BCUT2D eigenvalue weighted by Crippen LogP contribution is -2.05. The second kappa shape index (κ2) is 6.39. The molecule has 0 unspecified atom stereocenters. The quantitative estimate of drug-likeness (QED) is 0.733. The van der Waals surface area contributed by atoms with Gasteiger partial charge in [0.1, 0.15) is 16.5 Å². The highest BCUT2D eigenvalue weighted by atomic mass is 35.5. The van der Waals surface area contributed by atoms with Gasteiger partial charge in [0.05, 0.1) is 0 Å². The van der Waals surface area contributed by atoms with Crippen LogP contribution in [0.5, 0.6) is 0 Å². The second-order valence-electron chi connectivity index (χ2n) is 5.98. The fraction of sp³-hybridized carbons (Fsp3) is 0.158. The molecular weight excluding hydrogens is 366 g/mol. The molecule has 0 saturated heterocycles. The molecule has 6 heteroatoms. The summed E-state index contributed by atoms with van der Waals surface area (Å²) in [6.07, 6.45) is 5.22. The highest BCUT2D eigenvalue weighted by molar-refractivity contribution is 7.90. The standard InChI is InChI=1S/C19H15ClF2O2S/c1-11-8-12(6-7-16(11)20)14-4-3-5-15(14)13-9-17(21)19(18(22)10-13)25(2,23)24/h4-10H,3H2,1-2H3. The minimum absolute atomic E-state index is 0.304. The van der Waals surface area contributed by atoms with Crippen molar-refractivity contribution in [3.05, 3.63) is 75.8 Å². The van der Waals surface area contributed by atoms with E-state index in [1.165, 1.54) is 0 Å². The summed E-state index contributed by atoms with van der Waals surface area (Å²) in [5, 5.41) is 0.641. The number of halogens is 3. The van der Waals surface area contributed by atoms with Crippen LogP contribution in [0.2, 0.25) is 5.02 Å². The maximum absolute atomic E-state index is 14.2. The van der Waals surface area contributed by atoms with Crippen LogP contribution in [-0.4, -0.2) is 14.7 Å². The van der Waals surface area contributed by atoms with Gasteiger partial charge in [0.2, 0.25) is 0 Å². The zero-order valence-corrected chi connectivity index (χ0v) is 15.2. The molecule has 0 atom stereocenters. The fourth-order valence-electron chi connectivity index (χ4n) is 2.94. The third-order valence-corrected chi connectivity index (χ3v) is 5.64. The van der Waals surface area contributed by atoms with Crippen molar-refractivity contribution >= 4 is 32.6 Å². The van der Waals surface area contributed by atoms with Crippen LogP contribution in [0.4, 0.5) is 8.78 Å². The summed E-state index contributed by atoms with van der Waals surface area (Å²) >= 11 is 6.05. The van der Waals surface area contributed by atoms with Crippen molar-refractivity contribution in [2.75, 3.05) is 6.26 Å². The number of benzene rings is 2. The number of hydrogen-bond acceptors (Lipinski definition) is 2. The van der Waals surface area contributed by atoms with Crippen molar-refractivity contribution in [3.8, 4) is 0 Å². The third-order valence-electron chi connectivity index (χ3n) is 4.08. The molecule has 25 heavy (non-hydrogen) atoms. The van der Waals surface area contributed by atoms with Crippen molar-refractivity contribution in [2.45, 2.75) is 18.2 Å². The van der Waals surface area contributed by atoms with E-state index in [0.29, 0.717) is 22.6 Å². The van der Waals surface area contributed by atoms with Crippen LogP contribution in [0.15, 0.2) is 47.4 Å². The van der Waals surface area contributed by atoms with Gasteiger partial charge < -0.3 is 0 Å². The molecule has 0 aromatic heterocycles. The normalized spacial score (nSPS) is 14.4. The topological polar surface area (TPSA) is 34.1 Å². The average molecular weight is 381 g/mol. The van der Waals surface area contributed by atoms with Crippen LogP contribution in [0.3, 0.4) is 0 Å². The molecule has 2 aromatic rings. The average Bonchev–Trinajstić information content (AvgIpc) is 2.97. The van der Waals surface area contributed by atoms with Gasteiger partial charge in [0.25, 0.3) is 0 Å². The zero-order chi connectivity index (χ0) is 18.4. The molecule has 0 fully saturated rings. The van der Waals surface area contributed by atoms with Gasteiger partial charge in [-0.25, -0.2) is 17.2 Å². The molecule has 2 aromatic carbocycles. The van der Waals surface area contributed by atoms with E-state index >= 15 is 0 Å². The SMILES string of the molecule is Cc1cc(C2=CCC=C2c2cc(F)c(S(C)(=O)=O)c(F)c2)ccc1Cl. The Bertz CT molecular complexity index is 1010. The Morgan fingerprint density at radius 3 is 2.04 bits per heavy atom. The molecule has 2 nitrogen and oxygen atoms in total. The van der Waals surface area contributed by atoms with Gasteiger partial charge in [-0.2, -0.15) is 0 Å². The summed E-state index contributed by atoms with van der Waals surface area (Å²) < 4.78 is 51.5. The molecule has 0 heterocycles. The van der Waals surface area contributed by atoms with Crippen LogP contribution in [0.1, 0.15) is 23.1 Å². The molecule has 130 valence electrons.